The number of aliphatic imine (C=N–C) groups is 1. The summed E-state index contributed by atoms with van der Waals surface area (Å²) in [5, 5.41) is 7.91. The highest BCUT2D eigenvalue weighted by Crippen LogP contribution is 2.24. The molecule has 0 aromatic carbocycles. The maximum Gasteiger partial charge on any atom is 0.193 e. The largest absolute Gasteiger partial charge is 0.384 e. The fourth-order valence-corrected chi connectivity index (χ4v) is 4.26. The summed E-state index contributed by atoms with van der Waals surface area (Å²) in [5.41, 5.74) is 1.38. The maximum absolute atomic E-state index is 5.33. The van der Waals surface area contributed by atoms with E-state index in [0.29, 0.717) is 12.0 Å². The van der Waals surface area contributed by atoms with Crippen molar-refractivity contribution in [2.24, 2.45) is 10.9 Å². The van der Waals surface area contributed by atoms with Gasteiger partial charge in [0.25, 0.3) is 0 Å². The number of ether oxygens (including phenoxy) is 1. The van der Waals surface area contributed by atoms with Crippen LogP contribution in [0.2, 0.25) is 0 Å². The highest BCUT2D eigenvalue weighted by Gasteiger charge is 2.25. The molecule has 1 saturated heterocycles. The second kappa shape index (κ2) is 10.8. The van der Waals surface area contributed by atoms with Crippen molar-refractivity contribution in [1.82, 2.24) is 15.1 Å². The lowest BCUT2D eigenvalue weighted by Crippen LogP contribution is -2.41. The van der Waals surface area contributed by atoms with Gasteiger partial charge in [0.2, 0.25) is 0 Å². The van der Waals surface area contributed by atoms with Gasteiger partial charge in [-0.05, 0) is 48.8 Å². The van der Waals surface area contributed by atoms with Gasteiger partial charge >= 0.3 is 0 Å². The number of rotatable bonds is 9. The minimum absolute atomic E-state index is 0.354. The molecule has 2 atom stereocenters. The van der Waals surface area contributed by atoms with Crippen LogP contribution in [0.15, 0.2) is 21.8 Å². The third kappa shape index (κ3) is 5.69. The Labute approximate surface area is 157 Å². The lowest BCUT2D eigenvalue weighted by molar-refractivity contribution is 0.157. The first-order valence-electron chi connectivity index (χ1n) is 9.51. The van der Waals surface area contributed by atoms with Crippen LogP contribution in [-0.2, 0) is 4.74 Å². The van der Waals surface area contributed by atoms with Gasteiger partial charge in [0.15, 0.2) is 5.96 Å². The minimum Gasteiger partial charge on any atom is -0.384 e. The molecule has 25 heavy (non-hydrogen) atoms. The van der Waals surface area contributed by atoms with E-state index in [1.54, 1.807) is 18.4 Å². The van der Waals surface area contributed by atoms with Crippen LogP contribution < -0.4 is 5.32 Å². The number of likely N-dealkylation sites (tertiary alicyclic amines) is 1. The Kier molecular flexibility index (Phi) is 8.72. The molecule has 1 N–H and O–H groups in total. The maximum atomic E-state index is 5.33. The number of guanidine groups is 1. The number of thiophene rings is 1. The molecule has 1 fully saturated rings. The van der Waals surface area contributed by atoms with Crippen molar-refractivity contribution in [2.45, 2.75) is 33.2 Å². The van der Waals surface area contributed by atoms with Gasteiger partial charge in [-0.3, -0.25) is 9.89 Å². The van der Waals surface area contributed by atoms with E-state index in [2.05, 4.69) is 52.7 Å². The van der Waals surface area contributed by atoms with Crippen LogP contribution in [-0.4, -0.2) is 68.7 Å². The molecule has 6 heteroatoms. The molecule has 0 saturated carbocycles. The van der Waals surface area contributed by atoms with Gasteiger partial charge in [-0.25, -0.2) is 0 Å². The van der Waals surface area contributed by atoms with Gasteiger partial charge in [0.05, 0.1) is 19.2 Å². The van der Waals surface area contributed by atoms with E-state index in [1.807, 2.05) is 0 Å². The normalized spacial score (nSPS) is 19.6. The van der Waals surface area contributed by atoms with Crippen molar-refractivity contribution in [3.63, 3.8) is 0 Å². The molecule has 2 rings (SSSR count). The summed E-state index contributed by atoms with van der Waals surface area (Å²) < 4.78 is 5.33. The highest BCUT2D eigenvalue weighted by molar-refractivity contribution is 7.07. The zero-order valence-electron chi connectivity index (χ0n) is 16.2. The van der Waals surface area contributed by atoms with Crippen molar-refractivity contribution in [2.75, 3.05) is 53.0 Å². The summed E-state index contributed by atoms with van der Waals surface area (Å²) in [5.74, 6) is 1.66. The van der Waals surface area contributed by atoms with E-state index >= 15 is 0 Å². The van der Waals surface area contributed by atoms with Crippen molar-refractivity contribution in [3.8, 4) is 0 Å². The van der Waals surface area contributed by atoms with E-state index in [1.165, 1.54) is 12.0 Å². The van der Waals surface area contributed by atoms with Crippen LogP contribution in [0.5, 0.6) is 0 Å². The van der Waals surface area contributed by atoms with Crippen LogP contribution in [0, 0.1) is 5.92 Å². The van der Waals surface area contributed by atoms with Gasteiger partial charge in [-0.1, -0.05) is 13.8 Å². The van der Waals surface area contributed by atoms with Crippen LogP contribution >= 0.6 is 11.3 Å². The third-order valence-electron chi connectivity index (χ3n) is 4.92. The number of nitrogens with one attached hydrogen (secondary N) is 1. The van der Waals surface area contributed by atoms with Crippen LogP contribution in [0.1, 0.15) is 38.8 Å². The molecular weight excluding hydrogens is 332 g/mol. The molecule has 1 aromatic heterocycles. The first kappa shape index (κ1) is 20.2. The number of nitrogens with zero attached hydrogens (tertiary/aromatic N) is 3. The molecule has 142 valence electrons. The van der Waals surface area contributed by atoms with Crippen molar-refractivity contribution in [3.05, 3.63) is 22.4 Å². The average molecular weight is 367 g/mol. The molecule has 0 spiro atoms. The lowest BCUT2D eigenvalue weighted by atomic mass is 10.1. The molecule has 0 aliphatic carbocycles. The Hall–Kier alpha value is -1.11. The van der Waals surface area contributed by atoms with Crippen molar-refractivity contribution in [1.29, 1.82) is 0 Å². The Morgan fingerprint density at radius 3 is 2.84 bits per heavy atom. The number of methoxy groups -OCH3 is 1. The zero-order chi connectivity index (χ0) is 18.1. The Morgan fingerprint density at radius 2 is 2.24 bits per heavy atom. The number of hydrogen-bond donors (Lipinski definition) is 1. The second-order valence-electron chi connectivity index (χ2n) is 6.54. The fourth-order valence-electron chi connectivity index (χ4n) is 3.56. The Bertz CT molecular complexity index is 502. The molecule has 0 radical (unpaired) electrons. The van der Waals surface area contributed by atoms with E-state index in [-0.39, 0.29) is 0 Å². The third-order valence-corrected chi connectivity index (χ3v) is 5.62. The summed E-state index contributed by atoms with van der Waals surface area (Å²) in [6, 6.07) is 2.59. The standard InChI is InChI=1S/C19H34N4OS/c1-5-20-19(23-10-8-16(13-23)14-24-4)21-12-18(22(6-2)7-3)17-9-11-25-15-17/h9,11,15-16,18H,5-8,10,12-14H2,1-4H3,(H,20,21). The smallest absolute Gasteiger partial charge is 0.193 e. The van der Waals surface area contributed by atoms with E-state index in [0.717, 1.165) is 51.8 Å². The lowest BCUT2D eigenvalue weighted by Gasteiger charge is -2.29. The van der Waals surface area contributed by atoms with Gasteiger partial charge in [-0.2, -0.15) is 11.3 Å². The molecule has 1 aliphatic rings. The average Bonchev–Trinajstić information content (AvgIpc) is 3.30. The molecule has 1 aromatic rings. The highest BCUT2D eigenvalue weighted by atomic mass is 32.1. The fraction of sp³-hybridized carbons (Fsp3) is 0.737. The molecule has 0 bridgehead atoms. The molecule has 1 aliphatic heterocycles. The minimum atomic E-state index is 0.354. The molecule has 5 nitrogen and oxygen atoms in total. The first-order chi connectivity index (χ1) is 12.2. The second-order valence-corrected chi connectivity index (χ2v) is 7.32. The first-order valence-corrected chi connectivity index (χ1v) is 10.5. The van der Waals surface area contributed by atoms with E-state index in [4.69, 9.17) is 9.73 Å². The van der Waals surface area contributed by atoms with Crippen molar-refractivity contribution < 1.29 is 4.74 Å². The number of hydrogen-bond acceptors (Lipinski definition) is 4. The Balaban J connectivity index is 2.09. The van der Waals surface area contributed by atoms with Gasteiger partial charge in [0.1, 0.15) is 0 Å². The predicted octanol–water partition coefficient (Wildman–Crippen LogP) is 3.06. The summed E-state index contributed by atoms with van der Waals surface area (Å²) in [4.78, 5) is 9.90. The van der Waals surface area contributed by atoms with Crippen LogP contribution in [0.25, 0.3) is 0 Å². The van der Waals surface area contributed by atoms with Crippen LogP contribution in [0.3, 0.4) is 0 Å². The quantitative estimate of drug-likeness (QED) is 0.539. The van der Waals surface area contributed by atoms with E-state index < -0.39 is 0 Å². The number of likely N-dealkylation sites (N-methyl/N-ethyl adjacent to an activating group) is 1. The molecule has 2 heterocycles. The van der Waals surface area contributed by atoms with Gasteiger partial charge in [0, 0.05) is 32.7 Å². The predicted molar refractivity (Wildman–Crippen MR) is 108 cm³/mol. The molecular formula is C19H34N4OS. The summed E-state index contributed by atoms with van der Waals surface area (Å²) in [6.07, 6.45) is 1.18. The van der Waals surface area contributed by atoms with Crippen LogP contribution in [0.4, 0.5) is 0 Å². The Morgan fingerprint density at radius 1 is 1.44 bits per heavy atom. The van der Waals surface area contributed by atoms with E-state index in [9.17, 15) is 0 Å². The summed E-state index contributed by atoms with van der Waals surface area (Å²) in [6.45, 7) is 13.3. The van der Waals surface area contributed by atoms with Crippen molar-refractivity contribution >= 4 is 17.3 Å². The zero-order valence-corrected chi connectivity index (χ0v) is 17.0. The topological polar surface area (TPSA) is 40.1 Å². The SMILES string of the molecule is CCNC(=NCC(c1ccsc1)N(CC)CC)N1CCC(COC)C1. The van der Waals surface area contributed by atoms with Gasteiger partial charge < -0.3 is 15.0 Å². The van der Waals surface area contributed by atoms with Gasteiger partial charge in [-0.15, -0.1) is 0 Å². The summed E-state index contributed by atoms with van der Waals surface area (Å²) in [7, 11) is 1.79. The molecule has 2 unspecified atom stereocenters. The monoisotopic (exact) mass is 366 g/mol. The summed E-state index contributed by atoms with van der Waals surface area (Å²) >= 11 is 1.77. The molecule has 0 amide bonds.